The number of benzene rings is 1. The van der Waals surface area contributed by atoms with Gasteiger partial charge in [-0.05, 0) is 51.2 Å². The molecule has 1 amide bonds. The van der Waals surface area contributed by atoms with Gasteiger partial charge in [-0.2, -0.15) is 4.31 Å². The lowest BCUT2D eigenvalue weighted by atomic mass is 9.79. The van der Waals surface area contributed by atoms with Gasteiger partial charge in [-0.1, -0.05) is 0 Å². The molecule has 1 aliphatic carbocycles. The average molecular weight is 544 g/mol. The van der Waals surface area contributed by atoms with Crippen LogP contribution in [0.5, 0.6) is 5.75 Å². The summed E-state index contributed by atoms with van der Waals surface area (Å²) < 4.78 is 61.3. The molecule has 1 aromatic rings. The summed E-state index contributed by atoms with van der Waals surface area (Å²) >= 11 is 0. The lowest BCUT2D eigenvalue weighted by Gasteiger charge is -2.44. The minimum atomic E-state index is -3.99. The zero-order valence-corrected chi connectivity index (χ0v) is 21.8. The number of nitrogens with zero attached hydrogens (tertiary/aromatic N) is 2. The number of fused-ring (bicyclic) bond motifs is 2. The number of carbonyl (C=O) groups excluding carboxylic acids is 1. The van der Waals surface area contributed by atoms with E-state index in [4.69, 9.17) is 4.74 Å². The van der Waals surface area contributed by atoms with Crippen LogP contribution in [-0.4, -0.2) is 85.9 Å². The molecule has 206 valence electrons. The Morgan fingerprint density at radius 2 is 2.08 bits per heavy atom. The van der Waals surface area contributed by atoms with E-state index < -0.39 is 51.1 Å². The molecule has 37 heavy (non-hydrogen) atoms. The topological polar surface area (TPSA) is 123 Å². The van der Waals surface area contributed by atoms with Gasteiger partial charge in [0.15, 0.2) is 0 Å². The second-order valence-corrected chi connectivity index (χ2v) is 13.1. The standard InChI is InChI=1S/C24H35F2N5O5S/c1-24(2,13-32)30-7-8-36-19-11-16(3-4-17(19)30)28-23(33)18-5-6-31(18)37(34,35)20-10-14(22(25)26)9-15-12-27-29-21(15)20/h3-4,11,14-15,18,20-22,27,29,32H,5-10,12-13H2,1-2H3,(H,28,33)/t14?,15?,18-,20?,21?/m0/s1. The van der Waals surface area contributed by atoms with E-state index in [1.807, 2.05) is 24.8 Å². The molecule has 3 fully saturated rings. The van der Waals surface area contributed by atoms with Crippen molar-refractivity contribution in [2.24, 2.45) is 11.8 Å². The van der Waals surface area contributed by atoms with Gasteiger partial charge < -0.3 is 20.1 Å². The second-order valence-electron chi connectivity index (χ2n) is 11.0. The van der Waals surface area contributed by atoms with Gasteiger partial charge in [-0.3, -0.25) is 15.6 Å². The molecule has 0 aromatic heterocycles. The average Bonchev–Trinajstić information content (AvgIpc) is 3.30. The van der Waals surface area contributed by atoms with Crippen LogP contribution in [0.1, 0.15) is 33.1 Å². The Balaban J connectivity index is 1.30. The normalized spacial score (nSPS) is 30.3. The number of nitrogens with one attached hydrogen (secondary N) is 3. The van der Waals surface area contributed by atoms with Crippen molar-refractivity contribution in [2.75, 3.05) is 43.1 Å². The predicted molar refractivity (Wildman–Crippen MR) is 134 cm³/mol. The van der Waals surface area contributed by atoms with Crippen molar-refractivity contribution in [3.8, 4) is 5.75 Å². The lowest BCUT2D eigenvalue weighted by molar-refractivity contribution is -0.122. The summed E-state index contributed by atoms with van der Waals surface area (Å²) in [5.41, 5.74) is 6.67. The number of hydrazine groups is 1. The number of ether oxygens (including phenoxy) is 1. The molecule has 4 unspecified atom stereocenters. The van der Waals surface area contributed by atoms with E-state index in [9.17, 15) is 27.1 Å². The molecule has 13 heteroatoms. The zero-order chi connectivity index (χ0) is 26.5. The van der Waals surface area contributed by atoms with Gasteiger partial charge in [0, 0.05) is 36.8 Å². The summed E-state index contributed by atoms with van der Waals surface area (Å²) in [6.45, 7) is 5.48. The monoisotopic (exact) mass is 543 g/mol. The predicted octanol–water partition coefficient (Wildman–Crippen LogP) is 1.14. The number of carbonyl (C=O) groups is 1. The first-order chi connectivity index (χ1) is 17.5. The maximum absolute atomic E-state index is 13.6. The Morgan fingerprint density at radius 1 is 1.30 bits per heavy atom. The summed E-state index contributed by atoms with van der Waals surface area (Å²) in [6.07, 6.45) is -2.09. The SMILES string of the molecule is CC(C)(CO)N1CCOc2cc(NC(=O)[C@@H]3CCN3S(=O)(=O)C3CC(C(F)F)CC4CNNC43)ccc21. The van der Waals surface area contributed by atoms with E-state index in [-0.39, 0.29) is 31.9 Å². The van der Waals surface area contributed by atoms with E-state index >= 15 is 0 Å². The first kappa shape index (κ1) is 26.5. The van der Waals surface area contributed by atoms with Gasteiger partial charge in [0.2, 0.25) is 22.4 Å². The quantitative estimate of drug-likeness (QED) is 0.404. The third-order valence-corrected chi connectivity index (χ3v) is 10.6. The maximum atomic E-state index is 13.6. The number of amides is 1. The van der Waals surface area contributed by atoms with Crippen LogP contribution in [0.3, 0.4) is 0 Å². The highest BCUT2D eigenvalue weighted by atomic mass is 32.2. The first-order valence-electron chi connectivity index (χ1n) is 12.8. The van der Waals surface area contributed by atoms with Gasteiger partial charge in [0.05, 0.1) is 29.6 Å². The van der Waals surface area contributed by atoms with Gasteiger partial charge in [0.25, 0.3) is 0 Å². The van der Waals surface area contributed by atoms with E-state index in [0.717, 1.165) is 9.99 Å². The largest absolute Gasteiger partial charge is 0.489 e. The molecule has 4 N–H and O–H groups in total. The Hall–Kier alpha value is -2.06. The van der Waals surface area contributed by atoms with Crippen LogP contribution in [-0.2, 0) is 14.8 Å². The molecule has 0 radical (unpaired) electrons. The van der Waals surface area contributed by atoms with Gasteiger partial charge in [0.1, 0.15) is 18.4 Å². The number of aliphatic hydroxyl groups excluding tert-OH is 1. The van der Waals surface area contributed by atoms with Crippen LogP contribution in [0.2, 0.25) is 0 Å². The lowest BCUT2D eigenvalue weighted by Crippen LogP contribution is -2.62. The smallest absolute Gasteiger partial charge is 0.242 e. The highest BCUT2D eigenvalue weighted by Gasteiger charge is 2.53. The Labute approximate surface area is 215 Å². The van der Waals surface area contributed by atoms with E-state index in [1.54, 1.807) is 12.1 Å². The summed E-state index contributed by atoms with van der Waals surface area (Å²) in [4.78, 5) is 15.2. The molecule has 0 spiro atoms. The van der Waals surface area contributed by atoms with Crippen LogP contribution < -0.4 is 25.8 Å². The first-order valence-corrected chi connectivity index (χ1v) is 14.3. The molecule has 5 atom stereocenters. The third kappa shape index (κ3) is 4.80. The van der Waals surface area contributed by atoms with Crippen molar-refractivity contribution in [1.82, 2.24) is 15.2 Å². The molecule has 5 rings (SSSR count). The number of rotatable bonds is 7. The molecule has 3 heterocycles. The highest BCUT2D eigenvalue weighted by Crippen LogP contribution is 2.41. The van der Waals surface area contributed by atoms with E-state index in [0.29, 0.717) is 37.6 Å². The Kier molecular flexibility index (Phi) is 7.11. The van der Waals surface area contributed by atoms with Crippen molar-refractivity contribution < 1.29 is 31.8 Å². The van der Waals surface area contributed by atoms with Crippen molar-refractivity contribution in [2.45, 2.75) is 62.4 Å². The van der Waals surface area contributed by atoms with Crippen LogP contribution in [0.25, 0.3) is 0 Å². The van der Waals surface area contributed by atoms with E-state index in [1.165, 1.54) is 0 Å². The Bertz CT molecular complexity index is 1140. The van der Waals surface area contributed by atoms with Crippen molar-refractivity contribution in [3.05, 3.63) is 18.2 Å². The van der Waals surface area contributed by atoms with Crippen molar-refractivity contribution in [3.63, 3.8) is 0 Å². The molecule has 1 saturated carbocycles. The maximum Gasteiger partial charge on any atom is 0.242 e. The fourth-order valence-corrected chi connectivity index (χ4v) is 8.38. The number of hydrogen-bond acceptors (Lipinski definition) is 8. The number of sulfonamides is 1. The minimum Gasteiger partial charge on any atom is -0.489 e. The molecule has 1 aromatic carbocycles. The number of hydrogen-bond donors (Lipinski definition) is 4. The van der Waals surface area contributed by atoms with Crippen LogP contribution in [0.15, 0.2) is 18.2 Å². The summed E-state index contributed by atoms with van der Waals surface area (Å²) in [7, 11) is -3.99. The number of aliphatic hydroxyl groups is 1. The van der Waals surface area contributed by atoms with Crippen molar-refractivity contribution >= 4 is 27.3 Å². The van der Waals surface area contributed by atoms with Gasteiger partial charge >= 0.3 is 0 Å². The molecule has 0 bridgehead atoms. The number of alkyl halides is 2. The summed E-state index contributed by atoms with van der Waals surface area (Å²) in [5.74, 6) is -1.09. The molecular weight excluding hydrogens is 508 g/mol. The fraction of sp³-hybridized carbons (Fsp3) is 0.708. The minimum absolute atomic E-state index is 0.0385. The zero-order valence-electron chi connectivity index (χ0n) is 21.0. The van der Waals surface area contributed by atoms with E-state index in [2.05, 4.69) is 16.2 Å². The van der Waals surface area contributed by atoms with Crippen LogP contribution >= 0.6 is 0 Å². The molecule has 4 aliphatic rings. The van der Waals surface area contributed by atoms with Crippen LogP contribution in [0, 0.1) is 11.8 Å². The third-order valence-electron chi connectivity index (χ3n) is 8.23. The highest BCUT2D eigenvalue weighted by molar-refractivity contribution is 7.89. The fourth-order valence-electron chi connectivity index (χ4n) is 5.96. The van der Waals surface area contributed by atoms with Crippen molar-refractivity contribution in [1.29, 1.82) is 0 Å². The molecule has 3 aliphatic heterocycles. The molecule has 2 saturated heterocycles. The molecule has 10 nitrogen and oxygen atoms in total. The van der Waals surface area contributed by atoms with Gasteiger partial charge in [-0.15, -0.1) is 0 Å². The Morgan fingerprint density at radius 3 is 2.76 bits per heavy atom. The van der Waals surface area contributed by atoms with Gasteiger partial charge in [-0.25, -0.2) is 17.2 Å². The summed E-state index contributed by atoms with van der Waals surface area (Å²) in [5, 5.41) is 11.6. The summed E-state index contributed by atoms with van der Waals surface area (Å²) in [6, 6.07) is 3.86. The molecular formula is C24H35F2N5O5S. The number of halogens is 2. The van der Waals surface area contributed by atoms with Crippen LogP contribution in [0.4, 0.5) is 20.2 Å². The second kappa shape index (κ2) is 9.92. The number of anilines is 2.